The Kier molecular flexibility index (Phi) is 2.37. The molecule has 0 aliphatic heterocycles. The van der Waals surface area contributed by atoms with Crippen molar-refractivity contribution in [3.05, 3.63) is 29.7 Å². The predicted molar refractivity (Wildman–Crippen MR) is 48.5 cm³/mol. The highest BCUT2D eigenvalue weighted by molar-refractivity contribution is 6.16. The molecule has 1 heterocycles. The first kappa shape index (κ1) is 9.40. The van der Waals surface area contributed by atoms with E-state index in [0.717, 1.165) is 0 Å². The minimum atomic E-state index is -2.49. The summed E-state index contributed by atoms with van der Waals surface area (Å²) in [7, 11) is 0. The molecule has 14 heavy (non-hydrogen) atoms. The van der Waals surface area contributed by atoms with E-state index in [1.54, 1.807) is 0 Å². The van der Waals surface area contributed by atoms with E-state index >= 15 is 0 Å². The summed E-state index contributed by atoms with van der Waals surface area (Å²) in [4.78, 5) is 3.94. The zero-order valence-corrected chi connectivity index (χ0v) is 7.76. The average Bonchev–Trinajstić information content (AvgIpc) is 2.58. The van der Waals surface area contributed by atoms with E-state index in [9.17, 15) is 8.78 Å². The first-order chi connectivity index (χ1) is 6.70. The lowest BCUT2D eigenvalue weighted by atomic mass is 10.2. The quantitative estimate of drug-likeness (QED) is 0.720. The van der Waals surface area contributed by atoms with Crippen LogP contribution < -0.4 is 0 Å². The Morgan fingerprint density at radius 2 is 2.21 bits per heavy atom. The third kappa shape index (κ3) is 1.57. The van der Waals surface area contributed by atoms with Gasteiger partial charge in [0.15, 0.2) is 5.58 Å². The van der Waals surface area contributed by atoms with E-state index in [0.29, 0.717) is 17.0 Å². The van der Waals surface area contributed by atoms with Crippen molar-refractivity contribution in [1.29, 1.82) is 0 Å². The molecule has 74 valence electrons. The standard InChI is InChI=1S/C9H6ClF2NO/c10-4-8-13-6-3-5(9(11)12)1-2-7(6)14-8/h1-3,9H,4H2. The molecule has 0 fully saturated rings. The van der Waals surface area contributed by atoms with Gasteiger partial charge in [0.2, 0.25) is 5.89 Å². The Hall–Kier alpha value is -1.16. The maximum absolute atomic E-state index is 12.3. The second-order valence-corrected chi connectivity index (χ2v) is 3.04. The molecule has 5 heteroatoms. The van der Waals surface area contributed by atoms with Crippen LogP contribution in [0.1, 0.15) is 17.9 Å². The van der Waals surface area contributed by atoms with E-state index in [2.05, 4.69) is 4.98 Å². The molecule has 0 spiro atoms. The highest BCUT2D eigenvalue weighted by atomic mass is 35.5. The van der Waals surface area contributed by atoms with Crippen LogP contribution in [0.15, 0.2) is 22.6 Å². The van der Waals surface area contributed by atoms with Gasteiger partial charge >= 0.3 is 0 Å². The lowest BCUT2D eigenvalue weighted by Crippen LogP contribution is -1.82. The Morgan fingerprint density at radius 3 is 2.86 bits per heavy atom. The molecular weight excluding hydrogens is 212 g/mol. The monoisotopic (exact) mass is 217 g/mol. The van der Waals surface area contributed by atoms with Crippen LogP contribution in [0.4, 0.5) is 8.78 Å². The van der Waals surface area contributed by atoms with Gasteiger partial charge in [-0.3, -0.25) is 0 Å². The van der Waals surface area contributed by atoms with Crippen molar-refractivity contribution in [2.24, 2.45) is 0 Å². The molecule has 0 aliphatic rings. The number of oxazole rings is 1. The van der Waals surface area contributed by atoms with Gasteiger partial charge in [-0.2, -0.15) is 0 Å². The minimum absolute atomic E-state index is 0.0630. The van der Waals surface area contributed by atoms with Gasteiger partial charge in [0.25, 0.3) is 6.43 Å². The fourth-order valence-corrected chi connectivity index (χ4v) is 1.30. The second-order valence-electron chi connectivity index (χ2n) is 2.77. The zero-order chi connectivity index (χ0) is 10.1. The molecule has 0 atom stereocenters. The number of rotatable bonds is 2. The summed E-state index contributed by atoms with van der Waals surface area (Å²) in [6.45, 7) is 0. The molecule has 1 aromatic heterocycles. The topological polar surface area (TPSA) is 26.0 Å². The number of halogens is 3. The molecule has 0 unspecified atom stereocenters. The van der Waals surface area contributed by atoms with Crippen molar-refractivity contribution in [3.8, 4) is 0 Å². The van der Waals surface area contributed by atoms with E-state index in [4.69, 9.17) is 16.0 Å². The number of hydrogen-bond acceptors (Lipinski definition) is 2. The van der Waals surface area contributed by atoms with E-state index < -0.39 is 6.43 Å². The predicted octanol–water partition coefficient (Wildman–Crippen LogP) is 3.50. The van der Waals surface area contributed by atoms with E-state index in [1.807, 2.05) is 0 Å². The fourth-order valence-electron chi connectivity index (χ4n) is 1.19. The number of nitrogens with zero attached hydrogens (tertiary/aromatic N) is 1. The van der Waals surface area contributed by atoms with Gasteiger partial charge in [0.1, 0.15) is 5.52 Å². The van der Waals surface area contributed by atoms with Crippen molar-refractivity contribution in [3.63, 3.8) is 0 Å². The molecule has 0 amide bonds. The number of fused-ring (bicyclic) bond motifs is 1. The molecule has 0 bridgehead atoms. The van der Waals surface area contributed by atoms with Gasteiger partial charge in [0, 0.05) is 5.56 Å². The summed E-state index contributed by atoms with van der Waals surface area (Å²) < 4.78 is 29.8. The summed E-state index contributed by atoms with van der Waals surface area (Å²) in [6.07, 6.45) is -2.49. The maximum atomic E-state index is 12.3. The normalized spacial score (nSPS) is 11.4. The summed E-state index contributed by atoms with van der Waals surface area (Å²) in [6, 6.07) is 4.09. The largest absolute Gasteiger partial charge is 0.439 e. The summed E-state index contributed by atoms with van der Waals surface area (Å²) in [5.74, 6) is 0.478. The van der Waals surface area contributed by atoms with E-state index in [1.165, 1.54) is 18.2 Å². The Morgan fingerprint density at radius 1 is 1.43 bits per heavy atom. The highest BCUT2D eigenvalue weighted by Gasteiger charge is 2.10. The van der Waals surface area contributed by atoms with Crippen molar-refractivity contribution in [1.82, 2.24) is 4.98 Å². The van der Waals surface area contributed by atoms with Crippen molar-refractivity contribution in [2.75, 3.05) is 0 Å². The van der Waals surface area contributed by atoms with Crippen LogP contribution in [0.25, 0.3) is 11.1 Å². The van der Waals surface area contributed by atoms with Crippen LogP contribution >= 0.6 is 11.6 Å². The van der Waals surface area contributed by atoms with Crippen LogP contribution in [-0.4, -0.2) is 4.98 Å². The van der Waals surface area contributed by atoms with Gasteiger partial charge in [-0.25, -0.2) is 13.8 Å². The lowest BCUT2D eigenvalue weighted by Gasteiger charge is -1.96. The first-order valence-corrected chi connectivity index (χ1v) is 4.47. The highest BCUT2D eigenvalue weighted by Crippen LogP contribution is 2.24. The molecule has 0 aliphatic carbocycles. The van der Waals surface area contributed by atoms with Gasteiger partial charge < -0.3 is 4.42 Å². The fraction of sp³-hybridized carbons (Fsp3) is 0.222. The molecule has 0 radical (unpaired) electrons. The molecule has 0 saturated heterocycles. The van der Waals surface area contributed by atoms with E-state index in [-0.39, 0.29) is 11.4 Å². The van der Waals surface area contributed by atoms with Gasteiger partial charge in [-0.1, -0.05) is 0 Å². The first-order valence-electron chi connectivity index (χ1n) is 3.94. The smallest absolute Gasteiger partial charge is 0.263 e. The molecule has 1 aromatic carbocycles. The Balaban J connectivity index is 2.54. The van der Waals surface area contributed by atoms with Gasteiger partial charge in [-0.05, 0) is 18.2 Å². The summed E-state index contributed by atoms with van der Waals surface area (Å²) >= 11 is 5.50. The van der Waals surface area contributed by atoms with Crippen LogP contribution in [-0.2, 0) is 5.88 Å². The van der Waals surface area contributed by atoms with Gasteiger partial charge in [-0.15, -0.1) is 11.6 Å². The Bertz CT molecular complexity index is 455. The van der Waals surface area contributed by atoms with Crippen molar-refractivity contribution < 1.29 is 13.2 Å². The van der Waals surface area contributed by atoms with Gasteiger partial charge in [0.05, 0.1) is 5.88 Å². The maximum Gasteiger partial charge on any atom is 0.263 e. The molecule has 0 saturated carbocycles. The van der Waals surface area contributed by atoms with Crippen LogP contribution in [0.5, 0.6) is 0 Å². The molecule has 2 rings (SSSR count). The number of benzene rings is 1. The third-order valence-corrected chi connectivity index (χ3v) is 2.05. The minimum Gasteiger partial charge on any atom is -0.439 e. The summed E-state index contributed by atoms with van der Waals surface area (Å²) in [5, 5.41) is 0. The second kappa shape index (κ2) is 3.53. The Labute approximate surface area is 83.5 Å². The van der Waals surface area contributed by atoms with Crippen LogP contribution in [0, 0.1) is 0 Å². The molecule has 2 aromatic rings. The zero-order valence-electron chi connectivity index (χ0n) is 7.01. The molecule has 0 N–H and O–H groups in total. The SMILES string of the molecule is FC(F)c1ccc2oc(CCl)nc2c1. The summed E-state index contributed by atoms with van der Waals surface area (Å²) in [5.41, 5.74) is 0.829. The number of alkyl halides is 3. The molecular formula is C9H6ClF2NO. The van der Waals surface area contributed by atoms with Crippen LogP contribution in [0.3, 0.4) is 0 Å². The van der Waals surface area contributed by atoms with Crippen molar-refractivity contribution >= 4 is 22.7 Å². The van der Waals surface area contributed by atoms with Crippen molar-refractivity contribution in [2.45, 2.75) is 12.3 Å². The lowest BCUT2D eigenvalue weighted by molar-refractivity contribution is 0.151. The molecule has 2 nitrogen and oxygen atoms in total. The third-order valence-electron chi connectivity index (χ3n) is 1.82. The number of hydrogen-bond donors (Lipinski definition) is 0. The van der Waals surface area contributed by atoms with Crippen LogP contribution in [0.2, 0.25) is 0 Å². The number of aromatic nitrogens is 1. The average molecular weight is 218 g/mol.